The molecule has 0 spiro atoms. The topological polar surface area (TPSA) is 133 Å². The molecule has 25 heavy (non-hydrogen) atoms. The summed E-state index contributed by atoms with van der Waals surface area (Å²) in [5.74, 6) is 1.00. The van der Waals surface area contributed by atoms with Gasteiger partial charge < -0.3 is 4.42 Å². The molecule has 0 unspecified atom stereocenters. The molecule has 0 radical (unpaired) electrons. The molecule has 0 fully saturated rings. The maximum Gasteiger partial charge on any atom is 0.343 e. The minimum Gasteiger partial charge on any atom is -0.420 e. The molecule has 0 aliphatic carbocycles. The fraction of sp³-hybridized carbons (Fsp3) is 0.286. The second kappa shape index (κ2) is 7.30. The zero-order chi connectivity index (χ0) is 17.8. The first-order valence-corrected chi connectivity index (χ1v) is 8.42. The Kier molecular flexibility index (Phi) is 4.93. The van der Waals surface area contributed by atoms with Crippen LogP contribution in [0.2, 0.25) is 0 Å². The minimum atomic E-state index is -0.473. The average Bonchev–Trinajstić information content (AvgIpc) is 3.21. The first-order chi connectivity index (χ1) is 12.1. The second-order valence-electron chi connectivity index (χ2n) is 5.06. The molecule has 1 aromatic carbocycles. The summed E-state index contributed by atoms with van der Waals surface area (Å²) in [6.07, 6.45) is 0.817. The molecule has 11 heteroatoms. The van der Waals surface area contributed by atoms with Crippen LogP contribution in [-0.2, 0) is 12.3 Å². The van der Waals surface area contributed by atoms with E-state index in [1.54, 1.807) is 16.7 Å². The molecule has 0 aliphatic rings. The number of nitro groups is 1. The van der Waals surface area contributed by atoms with Gasteiger partial charge in [-0.05, 0) is 18.6 Å². The fourth-order valence-corrected chi connectivity index (χ4v) is 2.92. The van der Waals surface area contributed by atoms with E-state index in [1.807, 2.05) is 6.92 Å². The van der Waals surface area contributed by atoms with Gasteiger partial charge in [-0.15, -0.1) is 15.3 Å². The maximum atomic E-state index is 11.6. The molecule has 0 amide bonds. The van der Waals surface area contributed by atoms with Gasteiger partial charge in [-0.3, -0.25) is 14.7 Å². The zero-order valence-corrected chi connectivity index (χ0v) is 14.0. The molecular formula is C14H14N6O4S. The SMILES string of the molecule is CCCn1c(SCc2nnc(-c3ccc([N+](=O)[O-])cc3)o2)n[nH]c1=O. The van der Waals surface area contributed by atoms with E-state index >= 15 is 0 Å². The van der Waals surface area contributed by atoms with Crippen molar-refractivity contribution in [2.45, 2.75) is 30.8 Å². The van der Waals surface area contributed by atoms with Crippen LogP contribution in [0.3, 0.4) is 0 Å². The highest BCUT2D eigenvalue weighted by Gasteiger charge is 2.13. The lowest BCUT2D eigenvalue weighted by Crippen LogP contribution is -2.17. The van der Waals surface area contributed by atoms with Gasteiger partial charge in [0, 0.05) is 24.2 Å². The van der Waals surface area contributed by atoms with Crippen molar-refractivity contribution in [2.24, 2.45) is 0 Å². The van der Waals surface area contributed by atoms with E-state index in [4.69, 9.17) is 4.42 Å². The fourth-order valence-electron chi connectivity index (χ4n) is 2.11. The third-order valence-corrected chi connectivity index (χ3v) is 4.25. The Morgan fingerprint density at radius 3 is 2.76 bits per heavy atom. The highest BCUT2D eigenvalue weighted by atomic mass is 32.2. The van der Waals surface area contributed by atoms with E-state index in [-0.39, 0.29) is 17.3 Å². The van der Waals surface area contributed by atoms with E-state index < -0.39 is 4.92 Å². The number of aromatic nitrogens is 5. The average molecular weight is 362 g/mol. The Morgan fingerprint density at radius 2 is 2.08 bits per heavy atom. The van der Waals surface area contributed by atoms with Crippen LogP contribution in [0.5, 0.6) is 0 Å². The van der Waals surface area contributed by atoms with Gasteiger partial charge >= 0.3 is 5.69 Å². The third-order valence-electron chi connectivity index (χ3n) is 3.29. The van der Waals surface area contributed by atoms with Crippen molar-refractivity contribution in [1.29, 1.82) is 0 Å². The summed E-state index contributed by atoms with van der Waals surface area (Å²) >= 11 is 1.31. The monoisotopic (exact) mass is 362 g/mol. The van der Waals surface area contributed by atoms with Crippen LogP contribution >= 0.6 is 11.8 Å². The number of hydrogen-bond donors (Lipinski definition) is 1. The van der Waals surface area contributed by atoms with Gasteiger partial charge in [0.25, 0.3) is 5.69 Å². The lowest BCUT2D eigenvalue weighted by Gasteiger charge is -2.01. The summed E-state index contributed by atoms with van der Waals surface area (Å²) in [5.41, 5.74) is 0.338. The molecule has 0 atom stereocenters. The second-order valence-corrected chi connectivity index (χ2v) is 6.00. The number of thioether (sulfide) groups is 1. The number of nitrogens with zero attached hydrogens (tertiary/aromatic N) is 5. The van der Waals surface area contributed by atoms with Gasteiger partial charge in [-0.25, -0.2) is 9.89 Å². The Morgan fingerprint density at radius 1 is 1.32 bits per heavy atom. The van der Waals surface area contributed by atoms with E-state index in [9.17, 15) is 14.9 Å². The van der Waals surface area contributed by atoms with E-state index in [2.05, 4.69) is 20.4 Å². The molecule has 1 N–H and O–H groups in total. The van der Waals surface area contributed by atoms with Crippen molar-refractivity contribution >= 4 is 17.4 Å². The van der Waals surface area contributed by atoms with Crippen molar-refractivity contribution in [2.75, 3.05) is 0 Å². The van der Waals surface area contributed by atoms with Crippen LogP contribution in [0.25, 0.3) is 11.5 Å². The van der Waals surface area contributed by atoms with Gasteiger partial charge in [-0.1, -0.05) is 18.7 Å². The Bertz CT molecular complexity index is 929. The van der Waals surface area contributed by atoms with Gasteiger partial charge in [0.1, 0.15) is 0 Å². The first-order valence-electron chi connectivity index (χ1n) is 7.43. The first kappa shape index (κ1) is 16.9. The molecule has 0 saturated carbocycles. The Balaban J connectivity index is 1.70. The molecule has 3 rings (SSSR count). The minimum absolute atomic E-state index is 0.00790. The number of nitro benzene ring substituents is 1. The molecule has 2 heterocycles. The highest BCUT2D eigenvalue weighted by Crippen LogP contribution is 2.24. The summed E-state index contributed by atoms with van der Waals surface area (Å²) in [6.45, 7) is 2.55. The lowest BCUT2D eigenvalue weighted by atomic mass is 10.2. The van der Waals surface area contributed by atoms with Gasteiger partial charge in [-0.2, -0.15) is 0 Å². The summed E-state index contributed by atoms with van der Waals surface area (Å²) in [5, 5.41) is 25.5. The summed E-state index contributed by atoms with van der Waals surface area (Å²) < 4.78 is 7.11. The number of H-pyrrole nitrogens is 1. The normalized spacial score (nSPS) is 10.9. The third kappa shape index (κ3) is 3.76. The van der Waals surface area contributed by atoms with Crippen LogP contribution in [0.1, 0.15) is 19.2 Å². The number of aromatic amines is 1. The molecule has 130 valence electrons. The molecule has 10 nitrogen and oxygen atoms in total. The van der Waals surface area contributed by atoms with Crippen LogP contribution in [0.4, 0.5) is 5.69 Å². The standard InChI is InChI=1S/C14H14N6O4S/c1-2-7-19-13(21)17-18-14(19)25-8-11-15-16-12(24-11)9-3-5-10(6-4-9)20(22)23/h3-6H,2,7-8H2,1H3,(H,17,21). The van der Waals surface area contributed by atoms with E-state index in [0.29, 0.717) is 28.9 Å². The van der Waals surface area contributed by atoms with Gasteiger partial charge in [0.2, 0.25) is 11.8 Å². The number of benzene rings is 1. The quantitative estimate of drug-likeness (QED) is 0.384. The smallest absolute Gasteiger partial charge is 0.343 e. The van der Waals surface area contributed by atoms with Crippen molar-refractivity contribution in [1.82, 2.24) is 25.0 Å². The van der Waals surface area contributed by atoms with Gasteiger partial charge in [0.15, 0.2) is 5.16 Å². The zero-order valence-electron chi connectivity index (χ0n) is 13.2. The molecule has 2 aromatic heterocycles. The molecule has 0 bridgehead atoms. The lowest BCUT2D eigenvalue weighted by molar-refractivity contribution is -0.384. The molecule has 3 aromatic rings. The molecule has 0 saturated heterocycles. The molecule has 0 aliphatic heterocycles. The number of hydrogen-bond acceptors (Lipinski definition) is 8. The maximum absolute atomic E-state index is 11.6. The van der Waals surface area contributed by atoms with Crippen LogP contribution in [-0.4, -0.2) is 29.9 Å². The van der Waals surface area contributed by atoms with E-state index in [1.165, 1.54) is 23.9 Å². The van der Waals surface area contributed by atoms with Gasteiger partial charge in [0.05, 0.1) is 10.7 Å². The summed E-state index contributed by atoms with van der Waals surface area (Å²) in [4.78, 5) is 21.8. The highest BCUT2D eigenvalue weighted by molar-refractivity contribution is 7.98. The number of rotatable bonds is 7. The Hall–Kier alpha value is -2.95. The van der Waals surface area contributed by atoms with Crippen molar-refractivity contribution < 1.29 is 9.34 Å². The Labute approximate surface area is 145 Å². The van der Waals surface area contributed by atoms with Crippen molar-refractivity contribution in [3.8, 4) is 11.5 Å². The van der Waals surface area contributed by atoms with Crippen LogP contribution in [0, 0.1) is 10.1 Å². The predicted octanol–water partition coefficient (Wildman–Crippen LogP) is 2.23. The summed E-state index contributed by atoms with van der Waals surface area (Å²) in [7, 11) is 0. The molecular weight excluding hydrogens is 348 g/mol. The summed E-state index contributed by atoms with van der Waals surface area (Å²) in [6, 6.07) is 5.85. The largest absolute Gasteiger partial charge is 0.420 e. The van der Waals surface area contributed by atoms with E-state index in [0.717, 1.165) is 6.42 Å². The van der Waals surface area contributed by atoms with Crippen LogP contribution in [0.15, 0.2) is 38.6 Å². The predicted molar refractivity (Wildman–Crippen MR) is 89.1 cm³/mol. The number of non-ortho nitro benzene ring substituents is 1. The number of nitrogens with one attached hydrogen (secondary N) is 1. The van der Waals surface area contributed by atoms with Crippen LogP contribution < -0.4 is 5.69 Å². The van der Waals surface area contributed by atoms with Crippen molar-refractivity contribution in [3.05, 3.63) is 50.8 Å². The van der Waals surface area contributed by atoms with Crippen molar-refractivity contribution in [3.63, 3.8) is 0 Å².